The molecule has 9 heteroatoms. The summed E-state index contributed by atoms with van der Waals surface area (Å²) >= 11 is 0. The van der Waals surface area contributed by atoms with E-state index in [-0.39, 0.29) is 17.7 Å². The molecule has 38 heavy (non-hydrogen) atoms. The van der Waals surface area contributed by atoms with Crippen LogP contribution in [0.5, 0.6) is 0 Å². The molecule has 2 amide bonds. The maximum atomic E-state index is 13.3. The monoisotopic (exact) mass is 521 g/mol. The topological polar surface area (TPSA) is 118 Å². The van der Waals surface area contributed by atoms with Crippen molar-refractivity contribution in [3.05, 3.63) is 77.9 Å². The zero-order chi connectivity index (χ0) is 27.5. The highest BCUT2D eigenvalue weighted by molar-refractivity contribution is 5.99. The number of carbonyl (C=O) groups excluding carboxylic acids is 2. The van der Waals surface area contributed by atoms with Crippen LogP contribution in [0.25, 0.3) is 0 Å². The van der Waals surface area contributed by atoms with Crippen LogP contribution >= 0.6 is 0 Å². The first kappa shape index (κ1) is 28.6. The van der Waals surface area contributed by atoms with E-state index < -0.39 is 11.9 Å². The molecular formula is C29H35N3O6. The number of para-hydroxylation sites is 1. The number of carbonyl (C=O) groups is 4. The highest BCUT2D eigenvalue weighted by Gasteiger charge is 2.35. The molecule has 2 aliphatic rings. The summed E-state index contributed by atoms with van der Waals surface area (Å²) in [5.41, 5.74) is 3.86. The van der Waals surface area contributed by atoms with Gasteiger partial charge in [-0.25, -0.2) is 9.59 Å². The van der Waals surface area contributed by atoms with E-state index in [2.05, 4.69) is 29.2 Å². The van der Waals surface area contributed by atoms with Gasteiger partial charge in [-0.05, 0) is 49.1 Å². The maximum Gasteiger partial charge on any atom is 0.328 e. The van der Waals surface area contributed by atoms with Gasteiger partial charge >= 0.3 is 11.9 Å². The normalized spacial score (nSPS) is 17.3. The average molecular weight is 522 g/mol. The van der Waals surface area contributed by atoms with E-state index in [9.17, 15) is 19.2 Å². The van der Waals surface area contributed by atoms with Gasteiger partial charge in [0.1, 0.15) is 0 Å². The predicted molar refractivity (Wildman–Crippen MR) is 144 cm³/mol. The van der Waals surface area contributed by atoms with Crippen LogP contribution in [0.4, 0.5) is 5.69 Å². The standard InChI is InChI=1S/C25H31N3O2.C4H4O4/c1-26-19-22(18-24(26)29)25(30)28(23-10-3-2-4-11-23)15-7-14-27-16-12-20-8-5-6-9-21(20)13-17-27;5-3(6)1-2-4(7)8/h2-6,8-11,22H,7,12-19H2,1H3;1-2H,(H,5,6)(H,7,8)/b;2-1+. The predicted octanol–water partition coefficient (Wildman–Crippen LogP) is 2.70. The second kappa shape index (κ2) is 14.1. The third kappa shape index (κ3) is 8.55. The number of fused-ring (bicyclic) bond motifs is 1. The Hall–Kier alpha value is -3.98. The molecule has 1 atom stereocenters. The highest BCUT2D eigenvalue weighted by atomic mass is 16.4. The Morgan fingerprint density at radius 3 is 1.97 bits per heavy atom. The van der Waals surface area contributed by atoms with Gasteiger partial charge in [0.2, 0.25) is 11.8 Å². The SMILES string of the molecule is CN1CC(C(=O)N(CCCN2CCc3ccccc3CC2)c2ccccc2)CC1=O.O=C(O)/C=C/C(=O)O. The van der Waals surface area contributed by atoms with Crippen LogP contribution in [0.3, 0.4) is 0 Å². The minimum absolute atomic E-state index is 0.0606. The fourth-order valence-electron chi connectivity index (χ4n) is 4.76. The Kier molecular flexibility index (Phi) is 10.6. The Labute approximate surface area is 223 Å². The van der Waals surface area contributed by atoms with Crippen LogP contribution in [0, 0.1) is 5.92 Å². The molecule has 4 rings (SSSR count). The number of hydrogen-bond acceptors (Lipinski definition) is 5. The molecule has 0 spiro atoms. The van der Waals surface area contributed by atoms with Crippen LogP contribution in [0.1, 0.15) is 24.0 Å². The molecule has 1 fully saturated rings. The number of anilines is 1. The summed E-state index contributed by atoms with van der Waals surface area (Å²) < 4.78 is 0. The third-order valence-corrected chi connectivity index (χ3v) is 6.76. The van der Waals surface area contributed by atoms with Gasteiger partial charge in [0.25, 0.3) is 0 Å². The van der Waals surface area contributed by atoms with E-state index in [1.165, 1.54) is 11.1 Å². The molecule has 9 nitrogen and oxygen atoms in total. The molecular weight excluding hydrogens is 486 g/mol. The summed E-state index contributed by atoms with van der Waals surface area (Å²) in [5.74, 6) is -2.62. The van der Waals surface area contributed by atoms with E-state index in [1.807, 2.05) is 35.2 Å². The molecule has 0 bridgehead atoms. The van der Waals surface area contributed by atoms with Gasteiger partial charge in [-0.3, -0.25) is 9.59 Å². The number of carboxylic acid groups (broad SMARTS) is 2. The molecule has 202 valence electrons. The minimum atomic E-state index is -1.26. The highest BCUT2D eigenvalue weighted by Crippen LogP contribution is 2.23. The molecule has 1 saturated heterocycles. The molecule has 2 aromatic carbocycles. The van der Waals surface area contributed by atoms with E-state index in [0.717, 1.165) is 44.6 Å². The average Bonchev–Trinajstić information content (AvgIpc) is 3.11. The third-order valence-electron chi connectivity index (χ3n) is 6.76. The number of likely N-dealkylation sites (tertiary alicyclic amines) is 1. The Balaban J connectivity index is 0.000000436. The Morgan fingerprint density at radius 1 is 0.921 bits per heavy atom. The fraction of sp³-hybridized carbons (Fsp3) is 0.379. The van der Waals surface area contributed by atoms with Crippen LogP contribution < -0.4 is 4.90 Å². The van der Waals surface area contributed by atoms with Crippen molar-refractivity contribution in [3.8, 4) is 0 Å². The summed E-state index contributed by atoms with van der Waals surface area (Å²) in [4.78, 5) is 50.4. The first-order chi connectivity index (χ1) is 18.2. The lowest BCUT2D eigenvalue weighted by Gasteiger charge is -2.27. The minimum Gasteiger partial charge on any atom is -0.478 e. The second-order valence-electron chi connectivity index (χ2n) is 9.47. The van der Waals surface area contributed by atoms with E-state index in [4.69, 9.17) is 10.2 Å². The molecule has 0 aliphatic carbocycles. The van der Waals surface area contributed by atoms with Crippen LogP contribution in [0.2, 0.25) is 0 Å². The molecule has 2 aromatic rings. The van der Waals surface area contributed by atoms with Gasteiger partial charge < -0.3 is 24.9 Å². The van der Waals surface area contributed by atoms with E-state index in [1.54, 1.807) is 11.9 Å². The van der Waals surface area contributed by atoms with Crippen molar-refractivity contribution in [3.63, 3.8) is 0 Å². The van der Waals surface area contributed by atoms with Gasteiger partial charge in [0.15, 0.2) is 0 Å². The number of rotatable bonds is 8. The lowest BCUT2D eigenvalue weighted by molar-refractivity contribution is -0.134. The molecule has 2 aliphatic heterocycles. The lowest BCUT2D eigenvalue weighted by Crippen LogP contribution is -2.39. The van der Waals surface area contributed by atoms with Crippen LogP contribution in [0.15, 0.2) is 66.7 Å². The van der Waals surface area contributed by atoms with Crippen molar-refractivity contribution in [1.29, 1.82) is 0 Å². The number of nitrogens with zero attached hydrogens (tertiary/aromatic N) is 3. The summed E-state index contributed by atoms with van der Waals surface area (Å²) in [5, 5.41) is 15.6. The molecule has 2 N–H and O–H groups in total. The largest absolute Gasteiger partial charge is 0.478 e. The molecule has 0 saturated carbocycles. The molecule has 0 aromatic heterocycles. The number of aliphatic carboxylic acids is 2. The first-order valence-corrected chi connectivity index (χ1v) is 12.8. The number of hydrogen-bond donors (Lipinski definition) is 2. The number of amides is 2. The second-order valence-corrected chi connectivity index (χ2v) is 9.47. The Bertz CT molecular complexity index is 1110. The lowest BCUT2D eigenvalue weighted by atomic mass is 10.0. The van der Waals surface area contributed by atoms with Gasteiger partial charge in [0, 0.05) is 57.5 Å². The number of benzene rings is 2. The van der Waals surface area contributed by atoms with Crippen LogP contribution in [-0.4, -0.2) is 83.5 Å². The number of carboxylic acids is 2. The first-order valence-electron chi connectivity index (χ1n) is 12.8. The quantitative estimate of drug-likeness (QED) is 0.513. The van der Waals surface area contributed by atoms with Crippen molar-refractivity contribution in [1.82, 2.24) is 9.80 Å². The van der Waals surface area contributed by atoms with Crippen molar-refractivity contribution >= 4 is 29.4 Å². The summed E-state index contributed by atoms with van der Waals surface area (Å²) in [7, 11) is 1.78. The zero-order valence-electron chi connectivity index (χ0n) is 21.7. The molecule has 0 radical (unpaired) electrons. The Morgan fingerprint density at radius 2 is 1.47 bits per heavy atom. The zero-order valence-corrected chi connectivity index (χ0v) is 21.7. The molecule has 2 heterocycles. The fourth-order valence-corrected chi connectivity index (χ4v) is 4.76. The van der Waals surface area contributed by atoms with Crippen molar-refractivity contribution in [2.75, 3.05) is 44.7 Å². The van der Waals surface area contributed by atoms with Gasteiger partial charge in [-0.1, -0.05) is 42.5 Å². The van der Waals surface area contributed by atoms with Crippen molar-refractivity contribution in [2.24, 2.45) is 5.92 Å². The smallest absolute Gasteiger partial charge is 0.328 e. The molecule has 1 unspecified atom stereocenters. The summed E-state index contributed by atoms with van der Waals surface area (Å²) in [6.45, 7) is 4.32. The van der Waals surface area contributed by atoms with E-state index >= 15 is 0 Å². The maximum absolute atomic E-state index is 13.3. The van der Waals surface area contributed by atoms with Gasteiger partial charge in [-0.2, -0.15) is 0 Å². The van der Waals surface area contributed by atoms with Crippen molar-refractivity contribution in [2.45, 2.75) is 25.7 Å². The van der Waals surface area contributed by atoms with Gasteiger partial charge in [0.05, 0.1) is 5.92 Å². The van der Waals surface area contributed by atoms with Crippen LogP contribution in [-0.2, 0) is 32.0 Å². The summed E-state index contributed by atoms with van der Waals surface area (Å²) in [6.07, 6.45) is 4.54. The summed E-state index contributed by atoms with van der Waals surface area (Å²) in [6, 6.07) is 18.6. The van der Waals surface area contributed by atoms with Crippen molar-refractivity contribution < 1.29 is 29.4 Å². The van der Waals surface area contributed by atoms with Gasteiger partial charge in [-0.15, -0.1) is 0 Å². The van der Waals surface area contributed by atoms with E-state index in [0.29, 0.717) is 31.7 Å².